The minimum absolute atomic E-state index is 0. The maximum absolute atomic E-state index is 4.36. The van der Waals surface area contributed by atoms with E-state index in [9.17, 15) is 0 Å². The number of rotatable bonds is 2. The molecule has 2 saturated heterocycles. The molecule has 2 aliphatic heterocycles. The first-order valence-electron chi connectivity index (χ1n) is 7.27. The minimum atomic E-state index is 0. The van der Waals surface area contributed by atoms with Crippen LogP contribution in [0, 0.1) is 0 Å². The molecule has 2 fully saturated rings. The Morgan fingerprint density at radius 3 is 2.59 bits per heavy atom. The summed E-state index contributed by atoms with van der Waals surface area (Å²) in [7, 11) is 0. The van der Waals surface area contributed by atoms with Gasteiger partial charge in [-0.25, -0.2) is 0 Å². The number of hydrogen-bond donors (Lipinski definition) is 0. The number of hydrogen-bond acceptors (Lipinski definition) is 4. The van der Waals surface area contributed by atoms with Gasteiger partial charge in [-0.3, -0.25) is 4.90 Å². The summed E-state index contributed by atoms with van der Waals surface area (Å²) in [6, 6.07) is 13.2. The molecule has 2 aromatic rings. The van der Waals surface area contributed by atoms with Crippen molar-refractivity contribution in [3.63, 3.8) is 0 Å². The molecule has 6 heteroatoms. The fourth-order valence-corrected chi connectivity index (χ4v) is 3.29. The number of halogens is 2. The molecular weight excluding hydrogens is 319 g/mol. The number of fused-ring (bicyclic) bond motifs is 2. The van der Waals surface area contributed by atoms with Crippen molar-refractivity contribution >= 4 is 30.6 Å². The van der Waals surface area contributed by atoms with Crippen LogP contribution in [-0.2, 0) is 0 Å². The van der Waals surface area contributed by atoms with Gasteiger partial charge in [-0.1, -0.05) is 30.3 Å². The van der Waals surface area contributed by atoms with Gasteiger partial charge in [-0.05, 0) is 18.1 Å². The van der Waals surface area contributed by atoms with Gasteiger partial charge in [-0.2, -0.15) is 5.10 Å². The van der Waals surface area contributed by atoms with Crippen molar-refractivity contribution in [3.05, 3.63) is 42.6 Å². The number of anilines is 1. The Balaban J connectivity index is 0.000000882. The van der Waals surface area contributed by atoms with Crippen LogP contribution in [0.3, 0.4) is 0 Å². The maximum Gasteiger partial charge on any atom is 0.152 e. The molecule has 2 unspecified atom stereocenters. The van der Waals surface area contributed by atoms with Crippen molar-refractivity contribution < 1.29 is 0 Å². The van der Waals surface area contributed by atoms with Gasteiger partial charge in [0.1, 0.15) is 0 Å². The zero-order chi connectivity index (χ0) is 13.4. The minimum Gasteiger partial charge on any atom is -0.350 e. The number of piperazine rings is 1. The van der Waals surface area contributed by atoms with Crippen molar-refractivity contribution in [2.75, 3.05) is 31.1 Å². The quantitative estimate of drug-likeness (QED) is 0.842. The summed E-state index contributed by atoms with van der Waals surface area (Å²) in [5.74, 6) is 1.03. The fraction of sp³-hybridized carbons (Fsp3) is 0.375. The molecule has 0 spiro atoms. The Kier molecular flexibility index (Phi) is 5.62. The number of benzene rings is 1. The molecule has 0 aliphatic carbocycles. The third-order valence-corrected chi connectivity index (χ3v) is 4.39. The second kappa shape index (κ2) is 7.27. The van der Waals surface area contributed by atoms with E-state index >= 15 is 0 Å². The smallest absolute Gasteiger partial charge is 0.152 e. The Morgan fingerprint density at radius 2 is 1.77 bits per heavy atom. The highest BCUT2D eigenvalue weighted by Gasteiger charge is 2.33. The molecule has 2 aliphatic rings. The molecule has 118 valence electrons. The summed E-state index contributed by atoms with van der Waals surface area (Å²) in [6.07, 6.45) is 3.10. The highest BCUT2D eigenvalue weighted by molar-refractivity contribution is 5.85. The lowest BCUT2D eigenvalue weighted by molar-refractivity contribution is 0.310. The highest BCUT2D eigenvalue weighted by atomic mass is 35.5. The molecule has 2 atom stereocenters. The first kappa shape index (κ1) is 17.0. The molecule has 0 saturated carbocycles. The topological polar surface area (TPSA) is 32.3 Å². The molecule has 4 nitrogen and oxygen atoms in total. The third kappa shape index (κ3) is 3.19. The Labute approximate surface area is 143 Å². The molecular formula is C16H20Cl2N4. The average Bonchev–Trinajstić information content (AvgIpc) is 2.90. The van der Waals surface area contributed by atoms with Gasteiger partial charge < -0.3 is 4.90 Å². The van der Waals surface area contributed by atoms with Gasteiger partial charge in [0, 0.05) is 37.8 Å². The Bertz CT molecular complexity index is 608. The van der Waals surface area contributed by atoms with Gasteiger partial charge in [0.15, 0.2) is 5.82 Å². The van der Waals surface area contributed by atoms with Crippen LogP contribution in [0.4, 0.5) is 5.82 Å². The highest BCUT2D eigenvalue weighted by Crippen LogP contribution is 2.27. The molecule has 4 rings (SSSR count). The van der Waals surface area contributed by atoms with E-state index in [1.54, 1.807) is 0 Å². The van der Waals surface area contributed by atoms with Crippen LogP contribution >= 0.6 is 24.8 Å². The third-order valence-electron chi connectivity index (χ3n) is 4.39. The summed E-state index contributed by atoms with van der Waals surface area (Å²) < 4.78 is 0. The molecule has 0 N–H and O–H groups in total. The molecule has 0 radical (unpaired) electrons. The van der Waals surface area contributed by atoms with Crippen molar-refractivity contribution in [3.8, 4) is 11.1 Å². The maximum atomic E-state index is 4.36. The molecule has 22 heavy (non-hydrogen) atoms. The first-order chi connectivity index (χ1) is 9.90. The Hall–Kier alpha value is -1.36. The van der Waals surface area contributed by atoms with Crippen LogP contribution < -0.4 is 4.90 Å². The van der Waals surface area contributed by atoms with Gasteiger partial charge in [0.05, 0.1) is 6.20 Å². The van der Waals surface area contributed by atoms with Gasteiger partial charge in [0.25, 0.3) is 0 Å². The van der Waals surface area contributed by atoms with Gasteiger partial charge >= 0.3 is 0 Å². The van der Waals surface area contributed by atoms with E-state index < -0.39 is 0 Å². The predicted molar refractivity (Wildman–Crippen MR) is 94.2 cm³/mol. The van der Waals surface area contributed by atoms with Crippen LogP contribution in [0.2, 0.25) is 0 Å². The predicted octanol–water partition coefficient (Wildman–Crippen LogP) is 2.88. The van der Waals surface area contributed by atoms with E-state index in [4.69, 9.17) is 0 Å². The summed E-state index contributed by atoms with van der Waals surface area (Å²) in [4.78, 5) is 4.97. The Morgan fingerprint density at radius 1 is 0.955 bits per heavy atom. The number of aromatic nitrogens is 2. The van der Waals surface area contributed by atoms with Crippen LogP contribution in [0.1, 0.15) is 6.42 Å². The molecule has 2 bridgehead atoms. The summed E-state index contributed by atoms with van der Waals surface area (Å²) >= 11 is 0. The molecule has 0 amide bonds. The monoisotopic (exact) mass is 338 g/mol. The zero-order valence-corrected chi connectivity index (χ0v) is 13.9. The SMILES string of the molecule is Cl.Cl.c1ccc(-c2cnnc(N3CCN4CCC3C4)c2)cc1. The van der Waals surface area contributed by atoms with Crippen molar-refractivity contribution in [1.29, 1.82) is 0 Å². The van der Waals surface area contributed by atoms with E-state index in [1.165, 1.54) is 25.1 Å². The lowest BCUT2D eigenvalue weighted by atomic mass is 10.1. The van der Waals surface area contributed by atoms with E-state index in [-0.39, 0.29) is 24.8 Å². The first-order valence-corrected chi connectivity index (χ1v) is 7.27. The summed E-state index contributed by atoms with van der Waals surface area (Å²) in [5, 5.41) is 8.58. The van der Waals surface area contributed by atoms with E-state index in [0.29, 0.717) is 6.04 Å². The van der Waals surface area contributed by atoms with Crippen molar-refractivity contribution in [1.82, 2.24) is 15.1 Å². The van der Waals surface area contributed by atoms with E-state index in [0.717, 1.165) is 24.5 Å². The molecule has 1 aromatic carbocycles. The lowest BCUT2D eigenvalue weighted by Gasteiger charge is -2.35. The van der Waals surface area contributed by atoms with Crippen LogP contribution in [-0.4, -0.2) is 47.3 Å². The van der Waals surface area contributed by atoms with E-state index in [2.05, 4.69) is 50.3 Å². The second-order valence-corrected chi connectivity index (χ2v) is 5.60. The second-order valence-electron chi connectivity index (χ2n) is 5.60. The van der Waals surface area contributed by atoms with Crippen LogP contribution in [0.15, 0.2) is 42.6 Å². The number of nitrogens with zero attached hydrogens (tertiary/aromatic N) is 4. The average molecular weight is 339 g/mol. The van der Waals surface area contributed by atoms with Gasteiger partial charge in [0.2, 0.25) is 0 Å². The van der Waals surface area contributed by atoms with Crippen molar-refractivity contribution in [2.45, 2.75) is 12.5 Å². The lowest BCUT2D eigenvalue weighted by Crippen LogP contribution is -2.47. The standard InChI is InChI=1S/C16H18N4.2ClH/c1-2-4-13(5-3-1)14-10-16(18-17-11-14)20-9-8-19-7-6-15(20)12-19;;/h1-5,10-11,15H,6-9,12H2;2*1H. The van der Waals surface area contributed by atoms with Gasteiger partial charge in [-0.15, -0.1) is 29.9 Å². The van der Waals surface area contributed by atoms with E-state index in [1.807, 2.05) is 12.3 Å². The van der Waals surface area contributed by atoms with Crippen LogP contribution in [0.5, 0.6) is 0 Å². The van der Waals surface area contributed by atoms with Crippen LogP contribution in [0.25, 0.3) is 11.1 Å². The largest absolute Gasteiger partial charge is 0.350 e. The zero-order valence-electron chi connectivity index (χ0n) is 12.3. The van der Waals surface area contributed by atoms with Crippen molar-refractivity contribution in [2.24, 2.45) is 0 Å². The summed E-state index contributed by atoms with van der Waals surface area (Å²) in [5.41, 5.74) is 2.35. The fourth-order valence-electron chi connectivity index (χ4n) is 3.29. The molecule has 1 aromatic heterocycles. The molecule has 3 heterocycles. The summed E-state index contributed by atoms with van der Waals surface area (Å²) in [6.45, 7) is 4.62. The normalized spacial score (nSPS) is 22.6.